The van der Waals surface area contributed by atoms with E-state index in [9.17, 15) is 0 Å². The van der Waals surface area contributed by atoms with Gasteiger partial charge in [0.1, 0.15) is 5.82 Å². The van der Waals surface area contributed by atoms with E-state index in [2.05, 4.69) is 32.2 Å². The summed E-state index contributed by atoms with van der Waals surface area (Å²) in [5, 5.41) is 4.08. The van der Waals surface area contributed by atoms with Crippen LogP contribution in [0.5, 0.6) is 0 Å². The van der Waals surface area contributed by atoms with E-state index >= 15 is 0 Å². The highest BCUT2D eigenvalue weighted by molar-refractivity contribution is 5.55. The Morgan fingerprint density at radius 2 is 2.00 bits per heavy atom. The topological polar surface area (TPSA) is 81.1 Å². The average molecular weight is 335 g/mol. The molecule has 2 N–H and O–H groups in total. The van der Waals surface area contributed by atoms with Crippen LogP contribution in [0.2, 0.25) is 0 Å². The van der Waals surface area contributed by atoms with Crippen LogP contribution in [0.4, 0.5) is 5.82 Å². The molecule has 1 aliphatic heterocycles. The quantitative estimate of drug-likeness (QED) is 0.771. The molecule has 4 rings (SSSR count). The Morgan fingerprint density at radius 1 is 1.12 bits per heavy atom. The fourth-order valence-electron chi connectivity index (χ4n) is 3.07. The van der Waals surface area contributed by atoms with Gasteiger partial charge in [0, 0.05) is 31.7 Å². The second-order valence-corrected chi connectivity index (χ2v) is 6.40. The Labute approximate surface area is 146 Å². The minimum absolute atomic E-state index is 0.240. The molecule has 128 valence electrons. The van der Waals surface area contributed by atoms with Crippen LogP contribution in [0.1, 0.15) is 17.8 Å². The molecule has 0 bridgehead atoms. The van der Waals surface area contributed by atoms with Crippen molar-refractivity contribution in [2.45, 2.75) is 25.3 Å². The van der Waals surface area contributed by atoms with Gasteiger partial charge in [0.2, 0.25) is 0 Å². The molecule has 1 aliphatic rings. The Morgan fingerprint density at radius 3 is 2.72 bits per heavy atom. The zero-order valence-corrected chi connectivity index (χ0v) is 14.0. The molecule has 3 heterocycles. The van der Waals surface area contributed by atoms with Crippen molar-refractivity contribution in [3.05, 3.63) is 60.0 Å². The van der Waals surface area contributed by atoms with Crippen molar-refractivity contribution < 1.29 is 4.52 Å². The molecule has 6 nitrogen and oxygen atoms in total. The lowest BCUT2D eigenvalue weighted by Gasteiger charge is -2.16. The molecule has 0 amide bonds. The van der Waals surface area contributed by atoms with E-state index in [1.54, 1.807) is 6.20 Å². The standard InChI is InChI=1S/C19H21N5O/c20-16-10-11-24(13-16)18-9-7-15(12-21-18)19-22-17(23-25-19)8-6-14-4-2-1-3-5-14/h1-5,7,9,12,16H,6,8,10-11,13,20H2. The van der Waals surface area contributed by atoms with Gasteiger partial charge in [-0.1, -0.05) is 35.5 Å². The number of anilines is 1. The molecule has 1 fully saturated rings. The van der Waals surface area contributed by atoms with Gasteiger partial charge in [-0.15, -0.1) is 0 Å². The van der Waals surface area contributed by atoms with Gasteiger partial charge in [-0.3, -0.25) is 0 Å². The zero-order valence-electron chi connectivity index (χ0n) is 14.0. The molecule has 2 aromatic heterocycles. The molecule has 0 spiro atoms. The van der Waals surface area contributed by atoms with E-state index in [-0.39, 0.29) is 6.04 Å². The van der Waals surface area contributed by atoms with E-state index in [1.165, 1.54) is 5.56 Å². The molecular formula is C19H21N5O. The van der Waals surface area contributed by atoms with Crippen LogP contribution in [-0.2, 0) is 12.8 Å². The van der Waals surface area contributed by atoms with Crippen molar-refractivity contribution >= 4 is 5.82 Å². The van der Waals surface area contributed by atoms with Crippen molar-refractivity contribution in [2.75, 3.05) is 18.0 Å². The van der Waals surface area contributed by atoms with Crippen molar-refractivity contribution in [1.29, 1.82) is 0 Å². The van der Waals surface area contributed by atoms with Crippen molar-refractivity contribution in [3.8, 4) is 11.5 Å². The SMILES string of the molecule is NC1CCN(c2ccc(-c3nc(CCc4ccccc4)no3)cn2)C1. The highest BCUT2D eigenvalue weighted by Crippen LogP contribution is 2.22. The first-order chi connectivity index (χ1) is 12.3. The average Bonchev–Trinajstić information content (AvgIpc) is 3.30. The normalized spacial score (nSPS) is 17.2. The van der Waals surface area contributed by atoms with Gasteiger partial charge in [-0.2, -0.15) is 4.98 Å². The highest BCUT2D eigenvalue weighted by atomic mass is 16.5. The summed E-state index contributed by atoms with van der Waals surface area (Å²) in [5.41, 5.74) is 8.06. The largest absolute Gasteiger partial charge is 0.355 e. The summed E-state index contributed by atoms with van der Waals surface area (Å²) in [4.78, 5) is 11.2. The van der Waals surface area contributed by atoms with Gasteiger partial charge in [-0.25, -0.2) is 4.98 Å². The number of aryl methyl sites for hydroxylation is 2. The van der Waals surface area contributed by atoms with Crippen molar-refractivity contribution in [3.63, 3.8) is 0 Å². The van der Waals surface area contributed by atoms with Gasteiger partial charge >= 0.3 is 0 Å². The second kappa shape index (κ2) is 7.03. The number of nitrogens with two attached hydrogens (primary N) is 1. The van der Waals surface area contributed by atoms with Crippen LogP contribution in [0.15, 0.2) is 53.2 Å². The predicted molar refractivity (Wildman–Crippen MR) is 96.2 cm³/mol. The Kier molecular flexibility index (Phi) is 4.43. The first kappa shape index (κ1) is 15.8. The maximum Gasteiger partial charge on any atom is 0.259 e. The number of aromatic nitrogens is 3. The van der Waals surface area contributed by atoms with Gasteiger partial charge in [0.15, 0.2) is 5.82 Å². The van der Waals surface area contributed by atoms with E-state index in [0.717, 1.165) is 43.7 Å². The van der Waals surface area contributed by atoms with Crippen LogP contribution >= 0.6 is 0 Å². The van der Waals surface area contributed by atoms with E-state index in [1.807, 2.05) is 30.3 Å². The second-order valence-electron chi connectivity index (χ2n) is 6.40. The number of hydrogen-bond acceptors (Lipinski definition) is 6. The lowest BCUT2D eigenvalue weighted by Crippen LogP contribution is -2.26. The lowest BCUT2D eigenvalue weighted by molar-refractivity contribution is 0.422. The van der Waals surface area contributed by atoms with Gasteiger partial charge in [0.25, 0.3) is 5.89 Å². The van der Waals surface area contributed by atoms with E-state index in [0.29, 0.717) is 11.7 Å². The minimum Gasteiger partial charge on any atom is -0.355 e. The number of rotatable bonds is 5. The third-order valence-corrected chi connectivity index (χ3v) is 4.49. The Hall–Kier alpha value is -2.73. The molecule has 0 radical (unpaired) electrons. The predicted octanol–water partition coefficient (Wildman–Crippen LogP) is 2.45. The summed E-state index contributed by atoms with van der Waals surface area (Å²) >= 11 is 0. The fourth-order valence-corrected chi connectivity index (χ4v) is 3.07. The smallest absolute Gasteiger partial charge is 0.259 e. The maximum atomic E-state index is 5.95. The molecule has 6 heteroatoms. The summed E-state index contributed by atoms with van der Waals surface area (Å²) < 4.78 is 5.39. The Bertz CT molecular complexity index is 815. The third-order valence-electron chi connectivity index (χ3n) is 4.49. The Balaban J connectivity index is 1.41. The maximum absolute atomic E-state index is 5.95. The van der Waals surface area contributed by atoms with Crippen LogP contribution in [-0.4, -0.2) is 34.3 Å². The van der Waals surface area contributed by atoms with Crippen LogP contribution in [0.25, 0.3) is 11.5 Å². The van der Waals surface area contributed by atoms with Crippen LogP contribution in [0, 0.1) is 0 Å². The summed E-state index contributed by atoms with van der Waals surface area (Å²) in [6.45, 7) is 1.81. The molecule has 0 saturated carbocycles. The summed E-state index contributed by atoms with van der Waals surface area (Å²) in [7, 11) is 0. The first-order valence-electron chi connectivity index (χ1n) is 8.61. The molecule has 3 aromatic rings. The fraction of sp³-hybridized carbons (Fsp3) is 0.316. The van der Waals surface area contributed by atoms with Crippen molar-refractivity contribution in [1.82, 2.24) is 15.1 Å². The number of hydrogen-bond donors (Lipinski definition) is 1. The number of nitrogens with zero attached hydrogens (tertiary/aromatic N) is 4. The third kappa shape index (κ3) is 3.69. The molecule has 1 unspecified atom stereocenters. The van der Waals surface area contributed by atoms with Crippen LogP contribution in [0.3, 0.4) is 0 Å². The minimum atomic E-state index is 0.240. The summed E-state index contributed by atoms with van der Waals surface area (Å²) in [6, 6.07) is 14.5. The van der Waals surface area contributed by atoms with E-state index < -0.39 is 0 Å². The molecule has 1 saturated heterocycles. The summed E-state index contributed by atoms with van der Waals surface area (Å²) in [5.74, 6) is 2.18. The summed E-state index contributed by atoms with van der Waals surface area (Å²) in [6.07, 6.45) is 4.45. The molecular weight excluding hydrogens is 314 g/mol. The lowest BCUT2D eigenvalue weighted by atomic mass is 10.1. The number of pyridine rings is 1. The monoisotopic (exact) mass is 335 g/mol. The zero-order chi connectivity index (χ0) is 17.1. The van der Waals surface area contributed by atoms with Crippen molar-refractivity contribution in [2.24, 2.45) is 5.73 Å². The first-order valence-corrected chi connectivity index (χ1v) is 8.61. The van der Waals surface area contributed by atoms with E-state index in [4.69, 9.17) is 10.3 Å². The highest BCUT2D eigenvalue weighted by Gasteiger charge is 2.20. The van der Waals surface area contributed by atoms with Crippen LogP contribution < -0.4 is 10.6 Å². The van der Waals surface area contributed by atoms with Gasteiger partial charge in [0.05, 0.1) is 5.56 Å². The molecule has 1 atom stereocenters. The molecule has 0 aliphatic carbocycles. The van der Waals surface area contributed by atoms with Gasteiger partial charge in [-0.05, 0) is 30.5 Å². The van der Waals surface area contributed by atoms with Gasteiger partial charge < -0.3 is 15.2 Å². The molecule has 1 aromatic carbocycles. The molecule has 25 heavy (non-hydrogen) atoms. The number of benzene rings is 1.